The molecule has 0 aliphatic rings. The van der Waals surface area contributed by atoms with E-state index >= 15 is 0 Å². The van der Waals surface area contributed by atoms with Crippen molar-refractivity contribution in [2.24, 2.45) is 0 Å². The van der Waals surface area contributed by atoms with Crippen molar-refractivity contribution in [1.82, 2.24) is 0 Å². The Bertz CT molecular complexity index is 8.00. The van der Waals surface area contributed by atoms with Gasteiger partial charge in [-0.15, -0.1) is 0 Å². The van der Waals surface area contributed by atoms with Gasteiger partial charge in [-0.2, -0.15) is 0 Å². The molecule has 0 amide bonds. The molecule has 0 fully saturated rings. The molecule has 0 rings (SSSR count). The Morgan fingerprint density at radius 2 is 1.00 bits per heavy atom. The summed E-state index contributed by atoms with van der Waals surface area (Å²) in [6, 6.07) is 0. The second-order valence-corrected chi connectivity index (χ2v) is 0. The summed E-state index contributed by atoms with van der Waals surface area (Å²) >= 11 is 0. The Balaban J connectivity index is 0. The van der Waals surface area contributed by atoms with Crippen LogP contribution in [0.15, 0.2) is 0 Å². The van der Waals surface area contributed by atoms with Gasteiger partial charge in [0.1, 0.15) is 0 Å². The van der Waals surface area contributed by atoms with E-state index in [1.54, 1.807) is 0 Å². The van der Waals surface area contributed by atoms with E-state index in [2.05, 4.69) is 0 Å². The molecule has 4 heavy (non-hydrogen) atoms. The molecule has 0 nitrogen and oxygen atoms in total. The van der Waals surface area contributed by atoms with Gasteiger partial charge in [0.05, 0.1) is 0 Å². The van der Waals surface area contributed by atoms with Crippen molar-refractivity contribution in [2.45, 2.75) is 0 Å². The first-order valence-electron chi connectivity index (χ1n) is 0. The van der Waals surface area contributed by atoms with Crippen LogP contribution < -0.4 is 0 Å². The minimum atomic E-state index is 0. The van der Waals surface area contributed by atoms with Crippen molar-refractivity contribution in [1.29, 1.82) is 0 Å². The molecule has 0 aromatic heterocycles. The normalized spacial score (nSPS) is 0. The first-order valence-corrected chi connectivity index (χ1v) is 0. The van der Waals surface area contributed by atoms with Crippen molar-refractivity contribution >= 4 is 104 Å². The Kier molecular flexibility index (Phi) is 104. The van der Waals surface area contributed by atoms with Gasteiger partial charge in [0.25, 0.3) is 0 Å². The topological polar surface area (TPSA) is 0 Å². The van der Waals surface area contributed by atoms with E-state index in [0.717, 1.165) is 0 Å². The third-order valence-corrected chi connectivity index (χ3v) is 0. The van der Waals surface area contributed by atoms with Gasteiger partial charge in [-0.1, -0.05) is 0 Å². The summed E-state index contributed by atoms with van der Waals surface area (Å²) in [5.41, 5.74) is 0. The van der Waals surface area contributed by atoms with Gasteiger partial charge in [0.2, 0.25) is 0 Å². The van der Waals surface area contributed by atoms with Crippen LogP contribution in [0.1, 0.15) is 0 Å². The van der Waals surface area contributed by atoms with Crippen LogP contribution in [0.2, 0.25) is 0 Å². The second kappa shape index (κ2) is 16.1. The molecule has 0 aromatic carbocycles. The Hall–Kier alpha value is 3.49. The summed E-state index contributed by atoms with van der Waals surface area (Å²) in [6.45, 7) is 0. The summed E-state index contributed by atoms with van der Waals surface area (Å²) in [5, 5.41) is 0. The minimum absolute atomic E-state index is 0. The third-order valence-electron chi connectivity index (χ3n) is 0. The van der Waals surface area contributed by atoms with Crippen molar-refractivity contribution in [3.8, 4) is 0 Å². The molecule has 0 N–H and O–H groups in total. The van der Waals surface area contributed by atoms with Crippen LogP contribution in [0.25, 0.3) is 0 Å². The first-order chi connectivity index (χ1) is 0. The second-order valence-electron chi connectivity index (χ2n) is 0. The SMILES string of the molecule is [BiH3].[InH3].[PbH2].[SbH3]. The fraction of sp³-hybridized carbons (Fsp3) is 0. The van der Waals surface area contributed by atoms with E-state index in [9.17, 15) is 0 Å². The van der Waals surface area contributed by atoms with Gasteiger partial charge in [-0.05, 0) is 0 Å². The molecule has 0 unspecified atom stereocenters. The van der Waals surface area contributed by atoms with Crippen LogP contribution in [0.5, 0.6) is 0 Å². The zero-order valence-corrected chi connectivity index (χ0v) is 17.2. The molecule has 0 aromatic rings. The van der Waals surface area contributed by atoms with Gasteiger partial charge in [-0.25, -0.2) is 0 Å². The fourth-order valence-electron chi connectivity index (χ4n) is 0. The summed E-state index contributed by atoms with van der Waals surface area (Å²) in [7, 11) is 0. The Labute approximate surface area is 101 Å². The van der Waals surface area contributed by atoms with Crippen LogP contribution >= 0.6 is 0 Å². The summed E-state index contributed by atoms with van der Waals surface area (Å²) in [6.07, 6.45) is 0. The maximum absolute atomic E-state index is 0. The monoisotopic (exact) mass is 664 g/mol. The van der Waals surface area contributed by atoms with Crippen LogP contribution in [0, 0.1) is 0 Å². The zero-order chi connectivity index (χ0) is 0. The Morgan fingerprint density at radius 3 is 1.00 bits per heavy atom. The third kappa shape index (κ3) is 9.09. The predicted octanol–water partition coefficient (Wildman–Crippen LogP) is -4.47. The van der Waals surface area contributed by atoms with E-state index in [1.165, 1.54) is 0 Å². The number of hydrogen-bond donors (Lipinski definition) is 0. The van der Waals surface area contributed by atoms with Crippen LogP contribution in [-0.2, 0) is 0 Å². The van der Waals surface area contributed by atoms with Gasteiger partial charge >= 0.3 is 104 Å². The van der Waals surface area contributed by atoms with Gasteiger partial charge in [-0.3, -0.25) is 0 Å². The van der Waals surface area contributed by atoms with Gasteiger partial charge in [0, 0.05) is 0 Å². The molecule has 0 saturated carbocycles. The molecule has 28 valence electrons. The fourth-order valence-corrected chi connectivity index (χ4v) is 0. The zero-order valence-electron chi connectivity index (χ0n) is 2.12. The maximum atomic E-state index is 0. The molecule has 0 heterocycles. The van der Waals surface area contributed by atoms with E-state index in [4.69, 9.17) is 0 Å². The summed E-state index contributed by atoms with van der Waals surface area (Å²) in [5.74, 6) is 0. The average molecular weight is 664 g/mol. The van der Waals surface area contributed by atoms with Crippen LogP contribution in [0.4, 0.5) is 0 Å². The predicted molar refractivity (Wildman–Crippen MR) is 38.4 cm³/mol. The summed E-state index contributed by atoms with van der Waals surface area (Å²) < 4.78 is 0. The molecule has 0 bridgehead atoms. The molecule has 2 radical (unpaired) electrons. The number of hydrogen-bond acceptors (Lipinski definition) is 0. The van der Waals surface area contributed by atoms with Crippen LogP contribution in [0.3, 0.4) is 0 Å². The Morgan fingerprint density at radius 1 is 1.00 bits per heavy atom. The van der Waals surface area contributed by atoms with Gasteiger partial charge < -0.3 is 0 Å². The molecule has 0 spiro atoms. The molecular formula is H11BiInPbSb. The van der Waals surface area contributed by atoms with E-state index < -0.39 is 0 Å². The van der Waals surface area contributed by atoms with E-state index in [0.29, 0.717) is 0 Å². The van der Waals surface area contributed by atoms with Crippen molar-refractivity contribution in [3.63, 3.8) is 0 Å². The van der Waals surface area contributed by atoms with Crippen molar-refractivity contribution < 1.29 is 0 Å². The first kappa shape index (κ1) is 25.9. The van der Waals surface area contributed by atoms with Crippen molar-refractivity contribution in [3.05, 3.63) is 0 Å². The van der Waals surface area contributed by atoms with Crippen molar-refractivity contribution in [2.75, 3.05) is 0 Å². The summed E-state index contributed by atoms with van der Waals surface area (Å²) in [4.78, 5) is 0. The molecule has 0 aliphatic carbocycles. The molecule has 0 aliphatic heterocycles. The average Bonchev–Trinajstić information content (AvgIpc) is 0. The molecule has 0 saturated heterocycles. The molecule has 0 atom stereocenters. The van der Waals surface area contributed by atoms with Gasteiger partial charge in [0.15, 0.2) is 0 Å². The number of rotatable bonds is 0. The molecular weight excluding hydrogens is 653 g/mol. The molecule has 4 heteroatoms. The van der Waals surface area contributed by atoms with E-state index in [-0.39, 0.29) is 104 Å². The van der Waals surface area contributed by atoms with Crippen LogP contribution in [-0.4, -0.2) is 104 Å². The van der Waals surface area contributed by atoms with E-state index in [1.807, 2.05) is 0 Å². The standard InChI is InChI=1S/Bi.In.Pb.Sb.11H. The quantitative estimate of drug-likeness (QED) is 0.230.